The van der Waals surface area contributed by atoms with Crippen molar-refractivity contribution in [1.82, 2.24) is 9.97 Å². The largest absolute Gasteiger partial charge is 0.244 e. The summed E-state index contributed by atoms with van der Waals surface area (Å²) in [5.74, 6) is -1.77. The van der Waals surface area contributed by atoms with Gasteiger partial charge in [-0.2, -0.15) is 0 Å². The summed E-state index contributed by atoms with van der Waals surface area (Å²) in [5.41, 5.74) is 2.38. The highest BCUT2D eigenvalue weighted by molar-refractivity contribution is 7.27. The zero-order chi connectivity index (χ0) is 22.2. The number of rotatable bonds is 8. The Morgan fingerprint density at radius 1 is 0.656 bits per heavy atom. The Bertz CT molecular complexity index is 1330. The van der Waals surface area contributed by atoms with Crippen LogP contribution in [0.2, 0.25) is 0 Å². The molecule has 0 saturated carbocycles. The van der Waals surface area contributed by atoms with Crippen LogP contribution in [-0.2, 0) is 12.8 Å². The molecule has 166 valence electrons. The van der Waals surface area contributed by atoms with Gasteiger partial charge in [0.05, 0.1) is 31.5 Å². The minimum absolute atomic E-state index is 0.397. The summed E-state index contributed by atoms with van der Waals surface area (Å²) >= 11 is 3.71. The summed E-state index contributed by atoms with van der Waals surface area (Å²) in [6.07, 6.45) is 9.32. The fraction of sp³-hybridized carbons (Fsp3) is 0.385. The van der Waals surface area contributed by atoms with Gasteiger partial charge < -0.3 is 0 Å². The van der Waals surface area contributed by atoms with E-state index in [9.17, 15) is 8.78 Å². The van der Waals surface area contributed by atoms with E-state index >= 15 is 0 Å². The average molecular weight is 469 g/mol. The van der Waals surface area contributed by atoms with Gasteiger partial charge in [0, 0.05) is 32.7 Å². The molecular weight excluding hydrogens is 442 g/mol. The molecule has 0 fully saturated rings. The highest BCUT2D eigenvalue weighted by Crippen LogP contribution is 2.43. The van der Waals surface area contributed by atoms with Gasteiger partial charge in [-0.15, -0.1) is 22.7 Å². The molecule has 2 aromatic carbocycles. The fourth-order valence-corrected chi connectivity index (χ4v) is 6.90. The van der Waals surface area contributed by atoms with Crippen molar-refractivity contribution in [3.63, 3.8) is 0 Å². The van der Waals surface area contributed by atoms with Crippen LogP contribution in [0.15, 0.2) is 24.3 Å². The Morgan fingerprint density at radius 3 is 1.50 bits per heavy atom. The second-order valence-electron chi connectivity index (χ2n) is 8.50. The van der Waals surface area contributed by atoms with Gasteiger partial charge in [-0.25, -0.2) is 18.7 Å². The maximum Gasteiger partial charge on any atom is 0.161 e. The number of fused-ring (bicyclic) bond motifs is 7. The van der Waals surface area contributed by atoms with E-state index in [1.54, 1.807) is 0 Å². The van der Waals surface area contributed by atoms with Crippen LogP contribution in [0.3, 0.4) is 0 Å². The van der Waals surface area contributed by atoms with E-state index in [2.05, 4.69) is 26.0 Å². The molecule has 5 aromatic rings. The van der Waals surface area contributed by atoms with Crippen molar-refractivity contribution < 1.29 is 8.78 Å². The number of benzene rings is 2. The highest BCUT2D eigenvalue weighted by Gasteiger charge is 2.18. The number of aromatic nitrogens is 2. The molecule has 3 heterocycles. The Balaban J connectivity index is 1.76. The first-order valence-electron chi connectivity index (χ1n) is 11.5. The standard InChI is InChI=1S/C26H26F2N2S2/c1-3-5-7-9-15-11-17-23-24(30-22-14-20(28)19(27)13-21(22)29-23)18-12-16(10-8-6-4-2)32-26(18)25(17)31-15/h11-14H,3-10H2,1-2H3. The van der Waals surface area contributed by atoms with Gasteiger partial charge in [-0.3, -0.25) is 0 Å². The molecule has 0 radical (unpaired) electrons. The summed E-state index contributed by atoms with van der Waals surface area (Å²) in [6.45, 7) is 4.44. The minimum atomic E-state index is -0.886. The summed E-state index contributed by atoms with van der Waals surface area (Å²) < 4.78 is 30.3. The molecule has 0 saturated heterocycles. The number of halogens is 2. The molecule has 0 amide bonds. The van der Waals surface area contributed by atoms with Crippen molar-refractivity contribution in [3.05, 3.63) is 45.7 Å². The number of nitrogens with zero attached hydrogens (tertiary/aromatic N) is 2. The third-order valence-electron chi connectivity index (χ3n) is 6.04. The lowest BCUT2D eigenvalue weighted by atomic mass is 10.1. The molecule has 2 nitrogen and oxygen atoms in total. The molecule has 5 rings (SSSR count). The molecule has 0 unspecified atom stereocenters. The predicted molar refractivity (Wildman–Crippen MR) is 134 cm³/mol. The summed E-state index contributed by atoms with van der Waals surface area (Å²) in [4.78, 5) is 12.3. The van der Waals surface area contributed by atoms with Gasteiger partial charge >= 0.3 is 0 Å². The summed E-state index contributed by atoms with van der Waals surface area (Å²) in [7, 11) is 0. The first-order valence-corrected chi connectivity index (χ1v) is 13.2. The van der Waals surface area contributed by atoms with E-state index in [1.165, 1.54) is 57.7 Å². The number of unbranched alkanes of at least 4 members (excludes halogenated alkanes) is 4. The van der Waals surface area contributed by atoms with Crippen LogP contribution < -0.4 is 0 Å². The van der Waals surface area contributed by atoms with E-state index in [0.717, 1.165) is 46.8 Å². The second-order valence-corrected chi connectivity index (χ2v) is 10.8. The van der Waals surface area contributed by atoms with Crippen molar-refractivity contribution in [2.75, 3.05) is 0 Å². The van der Waals surface area contributed by atoms with Crippen LogP contribution in [0.25, 0.3) is 42.2 Å². The van der Waals surface area contributed by atoms with Crippen molar-refractivity contribution in [3.8, 4) is 0 Å². The fourth-order valence-electron chi connectivity index (χ4n) is 4.35. The van der Waals surface area contributed by atoms with Crippen molar-refractivity contribution in [1.29, 1.82) is 0 Å². The van der Waals surface area contributed by atoms with Gasteiger partial charge in [0.2, 0.25) is 0 Å². The lowest BCUT2D eigenvalue weighted by molar-refractivity contribution is 0.510. The molecule has 0 aliphatic heterocycles. The predicted octanol–water partition coefficient (Wildman–Crippen LogP) is 8.96. The summed E-state index contributed by atoms with van der Waals surface area (Å²) in [6, 6.07) is 6.81. The van der Waals surface area contributed by atoms with Crippen molar-refractivity contribution in [2.45, 2.75) is 65.2 Å². The number of hydrogen-bond acceptors (Lipinski definition) is 4. The zero-order valence-corrected chi connectivity index (χ0v) is 20.1. The second kappa shape index (κ2) is 8.99. The quantitative estimate of drug-likeness (QED) is 0.168. The van der Waals surface area contributed by atoms with Crippen LogP contribution in [0.1, 0.15) is 62.1 Å². The lowest BCUT2D eigenvalue weighted by Gasteiger charge is -2.05. The third kappa shape index (κ3) is 3.88. The van der Waals surface area contributed by atoms with Crippen LogP contribution in [0.4, 0.5) is 8.78 Å². The van der Waals surface area contributed by atoms with E-state index in [-0.39, 0.29) is 0 Å². The Morgan fingerprint density at radius 2 is 1.09 bits per heavy atom. The van der Waals surface area contributed by atoms with Gasteiger partial charge in [0.25, 0.3) is 0 Å². The first kappa shape index (κ1) is 21.7. The zero-order valence-electron chi connectivity index (χ0n) is 18.4. The first-order chi connectivity index (χ1) is 15.6. The van der Waals surface area contributed by atoms with Crippen molar-refractivity contribution in [2.24, 2.45) is 0 Å². The number of aryl methyl sites for hydroxylation is 2. The molecular formula is C26H26F2N2S2. The molecule has 0 atom stereocenters. The van der Waals surface area contributed by atoms with E-state index in [1.807, 2.05) is 22.7 Å². The lowest BCUT2D eigenvalue weighted by Crippen LogP contribution is -1.92. The van der Waals surface area contributed by atoms with Gasteiger partial charge in [-0.05, 0) is 37.8 Å². The highest BCUT2D eigenvalue weighted by atomic mass is 32.1. The molecule has 0 bridgehead atoms. The molecule has 6 heteroatoms. The van der Waals surface area contributed by atoms with Crippen LogP contribution >= 0.6 is 22.7 Å². The van der Waals surface area contributed by atoms with E-state index < -0.39 is 11.6 Å². The molecule has 0 aliphatic carbocycles. The monoisotopic (exact) mass is 468 g/mol. The van der Waals surface area contributed by atoms with E-state index in [0.29, 0.717) is 11.0 Å². The molecule has 0 aliphatic rings. The number of hydrogen-bond donors (Lipinski definition) is 0. The third-order valence-corrected chi connectivity index (χ3v) is 8.60. The Hall–Kier alpha value is -2.18. The Kier molecular flexibility index (Phi) is 6.08. The normalized spacial score (nSPS) is 12.1. The molecule has 0 spiro atoms. The Labute approximate surface area is 194 Å². The van der Waals surface area contributed by atoms with Crippen molar-refractivity contribution >= 4 is 64.9 Å². The maximum atomic E-state index is 13.9. The molecule has 32 heavy (non-hydrogen) atoms. The smallest absolute Gasteiger partial charge is 0.161 e. The van der Waals surface area contributed by atoms with Gasteiger partial charge in [0.1, 0.15) is 0 Å². The van der Waals surface area contributed by atoms with E-state index in [4.69, 9.17) is 9.97 Å². The number of thiophene rings is 2. The molecule has 0 N–H and O–H groups in total. The van der Waals surface area contributed by atoms with Crippen LogP contribution in [-0.4, -0.2) is 9.97 Å². The topological polar surface area (TPSA) is 25.8 Å². The van der Waals surface area contributed by atoms with Gasteiger partial charge in [-0.1, -0.05) is 39.5 Å². The maximum absolute atomic E-state index is 13.9. The van der Waals surface area contributed by atoms with Crippen LogP contribution in [0.5, 0.6) is 0 Å². The SMILES string of the molecule is CCCCCc1cc2c3nc4cc(F)c(F)cc4nc3c3cc(CCCCC)sc3c2s1. The molecule has 3 aromatic heterocycles. The average Bonchev–Trinajstić information content (AvgIpc) is 3.39. The summed E-state index contributed by atoms with van der Waals surface area (Å²) in [5, 5.41) is 2.18. The van der Waals surface area contributed by atoms with Gasteiger partial charge in [0.15, 0.2) is 11.6 Å². The van der Waals surface area contributed by atoms with Crippen LogP contribution in [0, 0.1) is 11.6 Å². The minimum Gasteiger partial charge on any atom is -0.244 e.